The zero-order valence-electron chi connectivity index (χ0n) is 11.0. The fourth-order valence-corrected chi connectivity index (χ4v) is 2.39. The molecule has 0 saturated carbocycles. The number of methoxy groups -OCH3 is 1. The van der Waals surface area contributed by atoms with Gasteiger partial charge in [0.25, 0.3) is 5.91 Å². The van der Waals surface area contributed by atoms with Gasteiger partial charge < -0.3 is 15.4 Å². The molecule has 1 aliphatic heterocycles. The molecule has 0 radical (unpaired) electrons. The van der Waals surface area contributed by atoms with Crippen LogP contribution in [0, 0.1) is 5.92 Å². The van der Waals surface area contributed by atoms with Crippen molar-refractivity contribution in [1.29, 1.82) is 0 Å². The lowest BCUT2D eigenvalue weighted by Gasteiger charge is -2.31. The second-order valence-corrected chi connectivity index (χ2v) is 4.69. The van der Waals surface area contributed by atoms with Crippen molar-refractivity contribution in [1.82, 2.24) is 4.90 Å². The third-order valence-electron chi connectivity index (χ3n) is 3.45. The molecule has 0 bridgehead atoms. The molecule has 0 spiro atoms. The molecule has 0 aliphatic carbocycles. The number of piperidine rings is 1. The summed E-state index contributed by atoms with van der Waals surface area (Å²) in [6.07, 6.45) is 1.56. The highest BCUT2D eigenvalue weighted by molar-refractivity contribution is 5.97. The van der Waals surface area contributed by atoms with E-state index < -0.39 is 0 Å². The zero-order valence-corrected chi connectivity index (χ0v) is 11.0. The van der Waals surface area contributed by atoms with Crippen LogP contribution in [0.4, 0.5) is 0 Å². The molecule has 1 aromatic carbocycles. The summed E-state index contributed by atoms with van der Waals surface area (Å²) in [6, 6.07) is 7.10. The molecule has 19 heavy (non-hydrogen) atoms. The normalized spacial score (nSPS) is 19.0. The Hall–Kier alpha value is -2.04. The minimum atomic E-state index is -0.336. The van der Waals surface area contributed by atoms with Crippen molar-refractivity contribution in [3.8, 4) is 5.75 Å². The van der Waals surface area contributed by atoms with Gasteiger partial charge in [0.2, 0.25) is 5.91 Å². The molecule has 1 atom stereocenters. The number of nitrogens with zero attached hydrogens (tertiary/aromatic N) is 1. The first-order valence-electron chi connectivity index (χ1n) is 6.35. The third kappa shape index (κ3) is 2.86. The summed E-state index contributed by atoms with van der Waals surface area (Å²) >= 11 is 0. The van der Waals surface area contributed by atoms with Crippen molar-refractivity contribution in [2.75, 3.05) is 20.2 Å². The van der Waals surface area contributed by atoms with Crippen molar-refractivity contribution >= 4 is 11.8 Å². The standard InChI is InChI=1S/C14H18N2O3/c1-19-12-7-3-2-6-11(12)14(18)16-8-4-5-10(9-16)13(15)17/h2-3,6-7,10H,4-5,8-9H2,1H3,(H2,15,17)/t10-/m0/s1. The summed E-state index contributed by atoms with van der Waals surface area (Å²) in [7, 11) is 1.54. The zero-order chi connectivity index (χ0) is 13.8. The van der Waals surface area contributed by atoms with E-state index in [1.54, 1.807) is 23.1 Å². The molecule has 102 valence electrons. The molecule has 1 heterocycles. The van der Waals surface area contributed by atoms with E-state index >= 15 is 0 Å². The second kappa shape index (κ2) is 5.73. The summed E-state index contributed by atoms with van der Waals surface area (Å²) in [5.41, 5.74) is 5.85. The number of ether oxygens (including phenoxy) is 1. The molecule has 0 aromatic heterocycles. The SMILES string of the molecule is COc1ccccc1C(=O)N1CCC[C@H](C(N)=O)C1. The molecule has 0 unspecified atom stereocenters. The van der Waals surface area contributed by atoms with Gasteiger partial charge in [-0.05, 0) is 25.0 Å². The van der Waals surface area contributed by atoms with Crippen LogP contribution in [0.5, 0.6) is 5.75 Å². The van der Waals surface area contributed by atoms with E-state index in [2.05, 4.69) is 0 Å². The van der Waals surface area contributed by atoms with Crippen LogP contribution < -0.4 is 10.5 Å². The van der Waals surface area contributed by atoms with Crippen molar-refractivity contribution < 1.29 is 14.3 Å². The lowest BCUT2D eigenvalue weighted by molar-refractivity contribution is -0.123. The van der Waals surface area contributed by atoms with Crippen molar-refractivity contribution in [3.05, 3.63) is 29.8 Å². The van der Waals surface area contributed by atoms with Gasteiger partial charge in [0.1, 0.15) is 5.75 Å². The van der Waals surface area contributed by atoms with Crippen LogP contribution in [0.2, 0.25) is 0 Å². The number of hydrogen-bond donors (Lipinski definition) is 1. The molecule has 1 fully saturated rings. The van der Waals surface area contributed by atoms with Gasteiger partial charge in [0.15, 0.2) is 0 Å². The number of primary amides is 1. The quantitative estimate of drug-likeness (QED) is 0.884. The maximum Gasteiger partial charge on any atom is 0.257 e. The predicted molar refractivity (Wildman–Crippen MR) is 70.8 cm³/mol. The number of carbonyl (C=O) groups is 2. The van der Waals surface area contributed by atoms with Gasteiger partial charge in [-0.3, -0.25) is 9.59 Å². The molecule has 5 heteroatoms. The minimum absolute atomic E-state index is 0.108. The Kier molecular flexibility index (Phi) is 4.04. The number of hydrogen-bond acceptors (Lipinski definition) is 3. The van der Waals surface area contributed by atoms with Crippen LogP contribution in [0.15, 0.2) is 24.3 Å². The Morgan fingerprint density at radius 3 is 2.79 bits per heavy atom. The third-order valence-corrected chi connectivity index (χ3v) is 3.45. The highest BCUT2D eigenvalue weighted by Gasteiger charge is 2.28. The van der Waals surface area contributed by atoms with E-state index in [4.69, 9.17) is 10.5 Å². The summed E-state index contributed by atoms with van der Waals surface area (Å²) in [5.74, 6) is -0.137. The molecular formula is C14H18N2O3. The van der Waals surface area contributed by atoms with Crippen LogP contribution in [0.25, 0.3) is 0 Å². The minimum Gasteiger partial charge on any atom is -0.496 e. The van der Waals surface area contributed by atoms with Crippen LogP contribution >= 0.6 is 0 Å². The van der Waals surface area contributed by atoms with Gasteiger partial charge in [-0.1, -0.05) is 12.1 Å². The van der Waals surface area contributed by atoms with Crippen LogP contribution in [-0.4, -0.2) is 36.9 Å². The monoisotopic (exact) mass is 262 g/mol. The number of likely N-dealkylation sites (tertiary alicyclic amines) is 1. The Bertz CT molecular complexity index is 487. The summed E-state index contributed by atoms with van der Waals surface area (Å²) in [6.45, 7) is 1.05. The molecule has 5 nitrogen and oxygen atoms in total. The topological polar surface area (TPSA) is 72.6 Å². The first kappa shape index (κ1) is 13.4. The Balaban J connectivity index is 2.17. The van der Waals surface area contributed by atoms with Gasteiger partial charge in [0.05, 0.1) is 18.6 Å². The summed E-state index contributed by atoms with van der Waals surface area (Å²) in [4.78, 5) is 25.4. The van der Waals surface area contributed by atoms with Crippen LogP contribution in [0.3, 0.4) is 0 Å². The largest absolute Gasteiger partial charge is 0.496 e. The Labute approximate surface area is 112 Å². The number of carbonyl (C=O) groups excluding carboxylic acids is 2. The van der Waals surface area contributed by atoms with Crippen molar-refractivity contribution in [2.24, 2.45) is 11.7 Å². The number of nitrogens with two attached hydrogens (primary N) is 1. The van der Waals surface area contributed by atoms with Gasteiger partial charge in [-0.2, -0.15) is 0 Å². The van der Waals surface area contributed by atoms with Crippen LogP contribution in [0.1, 0.15) is 23.2 Å². The Morgan fingerprint density at radius 2 is 2.11 bits per heavy atom. The smallest absolute Gasteiger partial charge is 0.257 e. The predicted octanol–water partition coefficient (Wildman–Crippen LogP) is 1.03. The maximum absolute atomic E-state index is 12.4. The molecule has 2 rings (SSSR count). The fraction of sp³-hybridized carbons (Fsp3) is 0.429. The molecule has 1 saturated heterocycles. The average Bonchev–Trinajstić information content (AvgIpc) is 2.46. The molecular weight excluding hydrogens is 244 g/mol. The molecule has 1 aromatic rings. The van der Waals surface area contributed by atoms with E-state index in [9.17, 15) is 9.59 Å². The summed E-state index contributed by atoms with van der Waals surface area (Å²) < 4.78 is 5.19. The van der Waals surface area contributed by atoms with Gasteiger partial charge in [0, 0.05) is 13.1 Å². The van der Waals surface area contributed by atoms with Crippen LogP contribution in [-0.2, 0) is 4.79 Å². The van der Waals surface area contributed by atoms with E-state index in [1.165, 1.54) is 7.11 Å². The lowest BCUT2D eigenvalue weighted by Crippen LogP contribution is -2.44. The number of rotatable bonds is 3. The van der Waals surface area contributed by atoms with Crippen molar-refractivity contribution in [2.45, 2.75) is 12.8 Å². The number of para-hydroxylation sites is 1. The molecule has 2 N–H and O–H groups in total. The second-order valence-electron chi connectivity index (χ2n) is 4.69. The average molecular weight is 262 g/mol. The van der Waals surface area contributed by atoms with E-state index in [0.29, 0.717) is 24.4 Å². The maximum atomic E-state index is 12.4. The van der Waals surface area contributed by atoms with E-state index in [1.807, 2.05) is 6.07 Å². The number of benzene rings is 1. The summed E-state index contributed by atoms with van der Waals surface area (Å²) in [5, 5.41) is 0. The van der Waals surface area contributed by atoms with E-state index in [0.717, 1.165) is 12.8 Å². The highest BCUT2D eigenvalue weighted by atomic mass is 16.5. The van der Waals surface area contributed by atoms with Gasteiger partial charge in [-0.15, -0.1) is 0 Å². The fourth-order valence-electron chi connectivity index (χ4n) is 2.39. The van der Waals surface area contributed by atoms with Crippen molar-refractivity contribution in [3.63, 3.8) is 0 Å². The first-order chi connectivity index (χ1) is 9.13. The van der Waals surface area contributed by atoms with Gasteiger partial charge >= 0.3 is 0 Å². The lowest BCUT2D eigenvalue weighted by atomic mass is 9.97. The highest BCUT2D eigenvalue weighted by Crippen LogP contribution is 2.23. The van der Waals surface area contributed by atoms with E-state index in [-0.39, 0.29) is 17.7 Å². The first-order valence-corrected chi connectivity index (χ1v) is 6.35. The van der Waals surface area contributed by atoms with Gasteiger partial charge in [-0.25, -0.2) is 0 Å². The Morgan fingerprint density at radius 1 is 1.37 bits per heavy atom. The molecule has 2 amide bonds. The molecule has 1 aliphatic rings. The number of amides is 2.